The normalized spacial score (nSPS) is 16.4. The summed E-state index contributed by atoms with van der Waals surface area (Å²) in [7, 11) is -0.334. The molecule has 2 atom stereocenters. The minimum absolute atomic E-state index is 0.0579. The first-order chi connectivity index (χ1) is 24.2. The summed E-state index contributed by atoms with van der Waals surface area (Å²) in [6.07, 6.45) is 0. The fourth-order valence-electron chi connectivity index (χ4n) is 6.83. The molecule has 0 radical (unpaired) electrons. The highest BCUT2D eigenvalue weighted by Crippen LogP contribution is 2.59. The van der Waals surface area contributed by atoms with Crippen LogP contribution in [0.15, 0.2) is 103 Å². The Morgan fingerprint density at radius 1 is 0.780 bits per heavy atom. The minimum Gasteiger partial charge on any atom is -0.496 e. The number of anilines is 2. The minimum atomic E-state index is -3.41. The lowest BCUT2D eigenvalue weighted by molar-refractivity contribution is 0.0696. The van der Waals surface area contributed by atoms with E-state index >= 15 is 4.57 Å². The highest BCUT2D eigenvalue weighted by molar-refractivity contribution is 7.86. The molecule has 10 heteroatoms. The molecule has 1 aliphatic rings. The van der Waals surface area contributed by atoms with E-state index in [9.17, 15) is 9.90 Å². The van der Waals surface area contributed by atoms with E-state index in [0.717, 1.165) is 65.3 Å². The maximum Gasteiger partial charge on any atom is 0.335 e. The number of nitrogens with zero attached hydrogens (tertiary/aromatic N) is 1. The van der Waals surface area contributed by atoms with Crippen LogP contribution in [0.25, 0.3) is 20.9 Å². The Hall–Kier alpha value is -4.82. The number of carboxylic acids is 1. The van der Waals surface area contributed by atoms with E-state index in [2.05, 4.69) is 55.1 Å². The molecule has 2 unspecified atom stereocenters. The second-order valence-corrected chi connectivity index (χ2v) is 16.9. The van der Waals surface area contributed by atoms with Crippen molar-refractivity contribution >= 4 is 63.1 Å². The van der Waals surface area contributed by atoms with Gasteiger partial charge in [-0.1, -0.05) is 54.6 Å². The van der Waals surface area contributed by atoms with Gasteiger partial charge in [-0.15, -0.1) is 22.7 Å². The average molecular weight is 721 g/mol. The van der Waals surface area contributed by atoms with Gasteiger partial charge in [-0.25, -0.2) is 4.79 Å². The Bertz CT molecular complexity index is 2220. The maximum atomic E-state index is 16.1. The van der Waals surface area contributed by atoms with E-state index in [-0.39, 0.29) is 5.56 Å². The Morgan fingerprint density at radius 2 is 1.28 bits per heavy atom. The van der Waals surface area contributed by atoms with Gasteiger partial charge in [0.2, 0.25) is 0 Å². The summed E-state index contributed by atoms with van der Waals surface area (Å²) in [4.78, 5) is 18.2. The van der Waals surface area contributed by atoms with Gasteiger partial charge in [0.25, 0.3) is 0 Å². The van der Waals surface area contributed by atoms with E-state index in [4.69, 9.17) is 15.2 Å². The van der Waals surface area contributed by atoms with Crippen LogP contribution in [0.3, 0.4) is 0 Å². The van der Waals surface area contributed by atoms with Crippen LogP contribution in [0.2, 0.25) is 0 Å². The van der Waals surface area contributed by atoms with E-state index in [0.29, 0.717) is 22.7 Å². The third-order valence-corrected chi connectivity index (χ3v) is 15.3. The summed E-state index contributed by atoms with van der Waals surface area (Å²) in [6.45, 7) is 6.12. The fourth-order valence-corrected chi connectivity index (χ4v) is 13.4. The van der Waals surface area contributed by atoms with Crippen molar-refractivity contribution in [1.29, 1.82) is 0 Å². The predicted molar refractivity (Wildman–Crippen MR) is 208 cm³/mol. The fraction of sp³-hybridized carbons (Fsp3) is 0.175. The van der Waals surface area contributed by atoms with Crippen LogP contribution in [0.1, 0.15) is 45.4 Å². The predicted octanol–water partition coefficient (Wildman–Crippen LogP) is 8.42. The molecule has 4 aromatic carbocycles. The zero-order valence-electron chi connectivity index (χ0n) is 28.2. The first-order valence-electron chi connectivity index (χ1n) is 16.4. The molecule has 1 aliphatic heterocycles. The number of aromatic carboxylic acids is 1. The van der Waals surface area contributed by atoms with Crippen LogP contribution in [-0.2, 0) is 4.57 Å². The highest BCUT2D eigenvalue weighted by Gasteiger charge is 2.47. The quantitative estimate of drug-likeness (QED) is 0.108. The number of rotatable bonds is 10. The zero-order chi connectivity index (χ0) is 35.2. The largest absolute Gasteiger partial charge is 0.496 e. The number of methoxy groups -OCH3 is 2. The Morgan fingerprint density at radius 3 is 1.74 bits per heavy atom. The highest BCUT2D eigenvalue weighted by atomic mass is 32.1. The summed E-state index contributed by atoms with van der Waals surface area (Å²) in [5, 5.41) is 12.2. The zero-order valence-corrected chi connectivity index (χ0v) is 30.7. The van der Waals surface area contributed by atoms with Crippen LogP contribution in [0.4, 0.5) is 11.4 Å². The lowest BCUT2D eigenvalue weighted by Gasteiger charge is -2.31. The first-order valence-corrected chi connectivity index (χ1v) is 19.7. The molecule has 0 saturated carbocycles. The average Bonchev–Trinajstić information content (AvgIpc) is 3.80. The molecule has 0 fully saturated rings. The van der Waals surface area contributed by atoms with Gasteiger partial charge in [0.05, 0.1) is 25.7 Å². The van der Waals surface area contributed by atoms with Gasteiger partial charge in [-0.2, -0.15) is 0 Å². The topological polar surface area (TPSA) is 102 Å². The van der Waals surface area contributed by atoms with Gasteiger partial charge in [-0.05, 0) is 73.5 Å². The van der Waals surface area contributed by atoms with Crippen molar-refractivity contribution in [2.24, 2.45) is 0 Å². The van der Waals surface area contributed by atoms with Gasteiger partial charge in [0.15, 0.2) is 7.14 Å². The van der Waals surface area contributed by atoms with Crippen molar-refractivity contribution in [2.45, 2.75) is 19.8 Å². The Kier molecular flexibility index (Phi) is 9.07. The molecular weight excluding hydrogens is 684 g/mol. The number of ether oxygens (including phenoxy) is 2. The van der Waals surface area contributed by atoms with Crippen molar-refractivity contribution in [2.75, 3.05) is 37.9 Å². The standard InChI is InChI=1S/C40H37N2O5PS2/c1-5-42(6-2)28-18-14-25(15-19-28)35-23-33-39(50-35)37(36-30(46-3)20-26(40(43)44)21-31(36)47-4)38-32(48(33,45)29-10-8-7-9-11-29)22-34(49-38)24-12-16-27(41)17-13-24/h7-23,37H,5-6,41H2,1-4H3,(H,43,44). The van der Waals surface area contributed by atoms with Gasteiger partial charge < -0.3 is 29.8 Å². The molecule has 2 aromatic heterocycles. The lowest BCUT2D eigenvalue weighted by atomic mass is 9.92. The smallest absolute Gasteiger partial charge is 0.335 e. The molecule has 7 rings (SSSR count). The molecular formula is C40H37N2O5PS2. The van der Waals surface area contributed by atoms with Crippen LogP contribution in [0.5, 0.6) is 11.5 Å². The van der Waals surface area contributed by atoms with E-state index < -0.39 is 19.0 Å². The molecule has 0 aliphatic carbocycles. The molecule has 0 saturated heterocycles. The van der Waals surface area contributed by atoms with Crippen LogP contribution >= 0.6 is 29.8 Å². The number of hydrogen-bond acceptors (Lipinski definition) is 8. The molecule has 0 spiro atoms. The van der Waals surface area contributed by atoms with Crippen molar-refractivity contribution < 1.29 is 23.9 Å². The third-order valence-electron chi connectivity index (χ3n) is 9.36. The number of carboxylic acid groups (broad SMARTS) is 1. The number of fused-ring (bicyclic) bond motifs is 2. The molecule has 0 bridgehead atoms. The number of nitrogen functional groups attached to an aromatic ring is 1. The summed E-state index contributed by atoms with van der Waals surface area (Å²) in [5.41, 5.74) is 10.6. The number of thiophene rings is 2. The maximum absolute atomic E-state index is 16.1. The van der Waals surface area contributed by atoms with Gasteiger partial charge in [-0.3, -0.25) is 0 Å². The van der Waals surface area contributed by atoms with Crippen LogP contribution in [0, 0.1) is 0 Å². The monoisotopic (exact) mass is 720 g/mol. The van der Waals surface area contributed by atoms with Crippen molar-refractivity contribution in [3.63, 3.8) is 0 Å². The van der Waals surface area contributed by atoms with Crippen LogP contribution in [-0.4, -0.2) is 38.4 Å². The van der Waals surface area contributed by atoms with Crippen LogP contribution < -0.4 is 36.0 Å². The second-order valence-electron chi connectivity index (χ2n) is 12.0. The number of carbonyl (C=O) groups is 1. The molecule has 0 amide bonds. The van der Waals surface area contributed by atoms with Gasteiger partial charge in [0, 0.05) is 65.4 Å². The Labute approximate surface area is 299 Å². The molecule has 7 nitrogen and oxygen atoms in total. The SMILES string of the molecule is CCN(CC)c1ccc(-c2cc3c(s2)C(c2c(OC)cc(C(=O)O)cc2OC)c2sc(-c4ccc(N)cc4)cc2P3(=O)c2ccccc2)cc1. The number of hydrogen-bond donors (Lipinski definition) is 2. The first kappa shape index (κ1) is 33.7. The molecule has 3 N–H and O–H groups in total. The van der Waals surface area contributed by atoms with Gasteiger partial charge >= 0.3 is 5.97 Å². The Balaban J connectivity index is 1.53. The van der Waals surface area contributed by atoms with Crippen molar-refractivity contribution in [3.8, 4) is 32.4 Å². The second kappa shape index (κ2) is 13.5. The van der Waals surface area contributed by atoms with Crippen molar-refractivity contribution in [1.82, 2.24) is 0 Å². The summed E-state index contributed by atoms with van der Waals surface area (Å²) >= 11 is 3.19. The van der Waals surface area contributed by atoms with E-state index in [1.54, 1.807) is 34.8 Å². The number of nitrogens with two attached hydrogens (primary N) is 1. The number of benzene rings is 4. The van der Waals surface area contributed by atoms with E-state index in [1.165, 1.54) is 14.2 Å². The summed E-state index contributed by atoms with van der Waals surface area (Å²) < 4.78 is 28.0. The third kappa shape index (κ3) is 5.59. The molecule has 50 heavy (non-hydrogen) atoms. The van der Waals surface area contributed by atoms with Crippen molar-refractivity contribution in [3.05, 3.63) is 124 Å². The van der Waals surface area contributed by atoms with E-state index in [1.807, 2.05) is 54.6 Å². The lowest BCUT2D eigenvalue weighted by Crippen LogP contribution is -2.33. The molecule has 254 valence electrons. The summed E-state index contributed by atoms with van der Waals surface area (Å²) in [6, 6.07) is 33.2. The van der Waals surface area contributed by atoms with Gasteiger partial charge in [0.1, 0.15) is 11.5 Å². The summed E-state index contributed by atoms with van der Waals surface area (Å²) in [5.74, 6) is -0.748. The molecule has 6 aromatic rings. The molecule has 3 heterocycles.